The lowest BCUT2D eigenvalue weighted by atomic mass is 9.96. The largest absolute Gasteiger partial charge is 0.354 e. The molecule has 0 fully saturated rings. The highest BCUT2D eigenvalue weighted by Crippen LogP contribution is 2.25. The first-order valence-corrected chi connectivity index (χ1v) is 8.07. The Labute approximate surface area is 126 Å². The summed E-state index contributed by atoms with van der Waals surface area (Å²) < 4.78 is 0. The van der Waals surface area contributed by atoms with Crippen molar-refractivity contribution in [1.82, 2.24) is 10.3 Å². The van der Waals surface area contributed by atoms with Crippen LogP contribution in [0.1, 0.15) is 58.2 Å². The molecule has 0 aliphatic carbocycles. The summed E-state index contributed by atoms with van der Waals surface area (Å²) in [6, 6.07) is 0. The van der Waals surface area contributed by atoms with Gasteiger partial charge in [-0.25, -0.2) is 4.98 Å². The van der Waals surface area contributed by atoms with E-state index < -0.39 is 5.54 Å². The maximum Gasteiger partial charge on any atom is 0.239 e. The van der Waals surface area contributed by atoms with E-state index in [1.807, 2.05) is 6.92 Å². The van der Waals surface area contributed by atoms with Gasteiger partial charge in [-0.15, -0.1) is 11.3 Å². The Balaban J connectivity index is 2.45. The van der Waals surface area contributed by atoms with Crippen LogP contribution in [0.25, 0.3) is 0 Å². The number of carbonyl (C=O) groups excluding carboxylic acids is 1. The van der Waals surface area contributed by atoms with Crippen molar-refractivity contribution >= 4 is 17.2 Å². The smallest absolute Gasteiger partial charge is 0.239 e. The van der Waals surface area contributed by atoms with Crippen molar-refractivity contribution in [3.8, 4) is 0 Å². The van der Waals surface area contributed by atoms with Gasteiger partial charge in [-0.2, -0.15) is 0 Å². The van der Waals surface area contributed by atoms with Gasteiger partial charge in [0.05, 0.1) is 16.2 Å². The molecule has 1 aromatic rings. The first-order valence-electron chi connectivity index (χ1n) is 7.19. The van der Waals surface area contributed by atoms with Crippen molar-refractivity contribution in [2.45, 2.75) is 64.8 Å². The first kappa shape index (κ1) is 17.1. The van der Waals surface area contributed by atoms with E-state index in [1.54, 1.807) is 18.3 Å². The minimum atomic E-state index is -0.770. The molecule has 1 aromatic heterocycles. The van der Waals surface area contributed by atoms with Gasteiger partial charge in [0.15, 0.2) is 0 Å². The molecule has 1 heterocycles. The summed E-state index contributed by atoms with van der Waals surface area (Å²) >= 11 is 1.68. The molecule has 0 saturated heterocycles. The van der Waals surface area contributed by atoms with E-state index in [2.05, 4.69) is 36.5 Å². The average Bonchev–Trinajstić information content (AvgIpc) is 2.77. The molecule has 0 bridgehead atoms. The second-order valence-corrected chi connectivity index (χ2v) is 7.43. The quantitative estimate of drug-likeness (QED) is 0.848. The third kappa shape index (κ3) is 4.87. The Morgan fingerprint density at radius 1 is 1.40 bits per heavy atom. The van der Waals surface area contributed by atoms with Gasteiger partial charge in [-0.3, -0.25) is 4.79 Å². The fourth-order valence-electron chi connectivity index (χ4n) is 1.91. The predicted octanol–water partition coefficient (Wildman–Crippen LogP) is 2.62. The number of thiazole rings is 1. The Morgan fingerprint density at radius 2 is 2.05 bits per heavy atom. The zero-order valence-corrected chi connectivity index (χ0v) is 14.1. The van der Waals surface area contributed by atoms with Crippen molar-refractivity contribution in [1.29, 1.82) is 0 Å². The summed E-state index contributed by atoms with van der Waals surface area (Å²) in [5, 5.41) is 6.11. The van der Waals surface area contributed by atoms with Crippen LogP contribution in [0.2, 0.25) is 0 Å². The molecule has 3 N–H and O–H groups in total. The van der Waals surface area contributed by atoms with Crippen molar-refractivity contribution < 1.29 is 4.79 Å². The molecule has 0 saturated carbocycles. The van der Waals surface area contributed by atoms with Gasteiger partial charge < -0.3 is 11.1 Å². The van der Waals surface area contributed by atoms with Gasteiger partial charge in [0.25, 0.3) is 0 Å². The Bertz CT molecular complexity index is 446. The molecule has 1 unspecified atom stereocenters. The molecule has 1 amide bonds. The molecule has 0 spiro atoms. The number of nitrogens with zero attached hydrogens (tertiary/aromatic N) is 1. The standard InChI is InChI=1S/C15H27N3OS/c1-6-8-15(5,16)12(19)17-9-7-11-10-20-13(18-11)14(2,3)4/h10H,6-9,16H2,1-5H3,(H,17,19). The van der Waals surface area contributed by atoms with Crippen molar-refractivity contribution in [2.75, 3.05) is 6.54 Å². The van der Waals surface area contributed by atoms with E-state index in [1.165, 1.54) is 0 Å². The van der Waals surface area contributed by atoms with Crippen LogP contribution in [0.3, 0.4) is 0 Å². The van der Waals surface area contributed by atoms with Crippen LogP contribution < -0.4 is 11.1 Å². The monoisotopic (exact) mass is 297 g/mol. The Morgan fingerprint density at radius 3 is 2.55 bits per heavy atom. The van der Waals surface area contributed by atoms with Crippen LogP contribution in [0.4, 0.5) is 0 Å². The lowest BCUT2D eigenvalue weighted by Crippen LogP contribution is -2.51. The minimum absolute atomic E-state index is 0.0781. The van der Waals surface area contributed by atoms with Gasteiger partial charge in [0.2, 0.25) is 5.91 Å². The number of rotatable bonds is 6. The highest BCUT2D eigenvalue weighted by atomic mass is 32.1. The third-order valence-electron chi connectivity index (χ3n) is 3.15. The number of nitrogens with two attached hydrogens (primary N) is 1. The summed E-state index contributed by atoms with van der Waals surface area (Å²) in [5.74, 6) is -0.0781. The minimum Gasteiger partial charge on any atom is -0.354 e. The van der Waals surface area contributed by atoms with E-state index in [4.69, 9.17) is 5.73 Å². The molecular weight excluding hydrogens is 270 g/mol. The van der Waals surface area contributed by atoms with Gasteiger partial charge in [-0.1, -0.05) is 34.1 Å². The molecule has 0 radical (unpaired) electrons. The summed E-state index contributed by atoms with van der Waals surface area (Å²) in [4.78, 5) is 16.6. The molecular formula is C15H27N3OS. The molecule has 4 nitrogen and oxygen atoms in total. The summed E-state index contributed by atoms with van der Waals surface area (Å²) in [7, 11) is 0. The fourth-order valence-corrected chi connectivity index (χ4v) is 2.85. The third-order valence-corrected chi connectivity index (χ3v) is 4.46. The maximum atomic E-state index is 12.0. The van der Waals surface area contributed by atoms with Crippen molar-refractivity contribution in [2.24, 2.45) is 5.73 Å². The van der Waals surface area contributed by atoms with E-state index in [0.29, 0.717) is 13.0 Å². The highest BCUT2D eigenvalue weighted by molar-refractivity contribution is 7.09. The van der Waals surface area contributed by atoms with Crippen LogP contribution in [0.15, 0.2) is 5.38 Å². The molecule has 0 aliphatic heterocycles. The number of carbonyl (C=O) groups is 1. The van der Waals surface area contributed by atoms with Crippen molar-refractivity contribution in [3.63, 3.8) is 0 Å². The van der Waals surface area contributed by atoms with E-state index in [-0.39, 0.29) is 11.3 Å². The summed E-state index contributed by atoms with van der Waals surface area (Å²) in [5.41, 5.74) is 6.34. The second-order valence-electron chi connectivity index (χ2n) is 6.57. The molecule has 5 heteroatoms. The number of aromatic nitrogens is 1. The average molecular weight is 297 g/mol. The van der Waals surface area contributed by atoms with Crippen LogP contribution in [-0.4, -0.2) is 23.0 Å². The van der Waals surface area contributed by atoms with Crippen LogP contribution in [-0.2, 0) is 16.6 Å². The number of hydrogen-bond donors (Lipinski definition) is 2. The van der Waals surface area contributed by atoms with Crippen LogP contribution in [0, 0.1) is 0 Å². The number of nitrogens with one attached hydrogen (secondary N) is 1. The highest BCUT2D eigenvalue weighted by Gasteiger charge is 2.26. The van der Waals surface area contributed by atoms with E-state index in [9.17, 15) is 4.79 Å². The summed E-state index contributed by atoms with van der Waals surface area (Å²) in [6.07, 6.45) is 2.35. The lowest BCUT2D eigenvalue weighted by molar-refractivity contribution is -0.126. The normalized spacial score (nSPS) is 14.9. The number of hydrogen-bond acceptors (Lipinski definition) is 4. The van der Waals surface area contributed by atoms with Gasteiger partial charge in [0, 0.05) is 23.8 Å². The topological polar surface area (TPSA) is 68.0 Å². The number of amides is 1. The maximum absolute atomic E-state index is 12.0. The van der Waals surface area contributed by atoms with Crippen molar-refractivity contribution in [3.05, 3.63) is 16.1 Å². The molecule has 1 rings (SSSR count). The molecule has 0 aromatic carbocycles. The first-order chi connectivity index (χ1) is 9.16. The zero-order valence-electron chi connectivity index (χ0n) is 13.2. The SMILES string of the molecule is CCCC(C)(N)C(=O)NCCc1csc(C(C)(C)C)n1. The lowest BCUT2D eigenvalue weighted by Gasteiger charge is -2.22. The molecule has 0 aliphatic rings. The van der Waals surface area contributed by atoms with Gasteiger partial charge >= 0.3 is 0 Å². The van der Waals surface area contributed by atoms with Crippen LogP contribution >= 0.6 is 11.3 Å². The second kappa shape index (κ2) is 6.68. The van der Waals surface area contributed by atoms with E-state index >= 15 is 0 Å². The summed E-state index contributed by atoms with van der Waals surface area (Å²) in [6.45, 7) is 10.9. The molecule has 114 valence electrons. The van der Waals surface area contributed by atoms with Gasteiger partial charge in [0.1, 0.15) is 0 Å². The fraction of sp³-hybridized carbons (Fsp3) is 0.733. The molecule has 20 heavy (non-hydrogen) atoms. The predicted molar refractivity (Wildman–Crippen MR) is 85.0 cm³/mol. The molecule has 1 atom stereocenters. The van der Waals surface area contributed by atoms with E-state index in [0.717, 1.165) is 23.5 Å². The van der Waals surface area contributed by atoms with Crippen LogP contribution in [0.5, 0.6) is 0 Å². The zero-order chi connectivity index (χ0) is 15.4. The van der Waals surface area contributed by atoms with Gasteiger partial charge in [-0.05, 0) is 13.3 Å². The Kier molecular flexibility index (Phi) is 5.71. The Hall–Kier alpha value is -0.940.